The number of thiazole rings is 1. The second kappa shape index (κ2) is 4.96. The highest BCUT2D eigenvalue weighted by atomic mass is 32.1. The summed E-state index contributed by atoms with van der Waals surface area (Å²) in [5.41, 5.74) is 4.91. The summed E-state index contributed by atoms with van der Waals surface area (Å²) < 4.78 is 2.25. The van der Waals surface area contributed by atoms with E-state index in [4.69, 9.17) is 10.1 Å². The molecule has 4 nitrogen and oxygen atoms in total. The van der Waals surface area contributed by atoms with E-state index in [-0.39, 0.29) is 6.42 Å². The van der Waals surface area contributed by atoms with Crippen molar-refractivity contribution in [3.8, 4) is 11.3 Å². The van der Waals surface area contributed by atoms with E-state index in [9.17, 15) is 4.79 Å². The lowest BCUT2D eigenvalue weighted by Gasteiger charge is -2.12. The second-order valence-electron chi connectivity index (χ2n) is 5.26. The van der Waals surface area contributed by atoms with Gasteiger partial charge in [0.25, 0.3) is 0 Å². The number of carbonyl (C=O) groups is 1. The van der Waals surface area contributed by atoms with Crippen LogP contribution < -0.4 is 0 Å². The van der Waals surface area contributed by atoms with Crippen LogP contribution in [0.25, 0.3) is 16.2 Å². The standard InChI is InChI=1S/C15H14N2O2S2/c18-13(19)3-1-2-9-8-21-15-16-14-10-6-7-20-12(10)5-4-11(14)17(9)15/h6-8H,1-5H2,(H,18,19). The molecule has 0 saturated carbocycles. The highest BCUT2D eigenvalue weighted by molar-refractivity contribution is 7.15. The van der Waals surface area contributed by atoms with Gasteiger partial charge >= 0.3 is 5.97 Å². The van der Waals surface area contributed by atoms with Crippen LogP contribution in [0.3, 0.4) is 0 Å². The van der Waals surface area contributed by atoms with Crippen molar-refractivity contribution in [1.82, 2.24) is 9.38 Å². The van der Waals surface area contributed by atoms with E-state index >= 15 is 0 Å². The molecule has 108 valence electrons. The lowest BCUT2D eigenvalue weighted by atomic mass is 10.00. The van der Waals surface area contributed by atoms with Crippen LogP contribution in [0, 0.1) is 0 Å². The van der Waals surface area contributed by atoms with Crippen molar-refractivity contribution >= 4 is 33.6 Å². The average molecular weight is 318 g/mol. The molecular weight excluding hydrogens is 304 g/mol. The number of aryl methyl sites for hydroxylation is 3. The van der Waals surface area contributed by atoms with Gasteiger partial charge in [-0.1, -0.05) is 0 Å². The van der Waals surface area contributed by atoms with Crippen molar-refractivity contribution in [2.75, 3.05) is 0 Å². The zero-order valence-electron chi connectivity index (χ0n) is 11.3. The minimum atomic E-state index is -0.725. The molecule has 0 spiro atoms. The Hall–Kier alpha value is -1.66. The Balaban J connectivity index is 1.74. The van der Waals surface area contributed by atoms with Crippen LogP contribution in [0.1, 0.15) is 29.1 Å². The van der Waals surface area contributed by atoms with Crippen LogP contribution in [-0.2, 0) is 24.1 Å². The Labute approximate surface area is 129 Å². The summed E-state index contributed by atoms with van der Waals surface area (Å²) in [5.74, 6) is -0.725. The predicted octanol–water partition coefficient (Wildman–Crippen LogP) is 3.63. The van der Waals surface area contributed by atoms with E-state index in [1.165, 1.54) is 21.8 Å². The van der Waals surface area contributed by atoms with Gasteiger partial charge in [-0.15, -0.1) is 22.7 Å². The Kier molecular flexibility index (Phi) is 3.08. The second-order valence-corrected chi connectivity index (χ2v) is 7.09. The molecule has 0 aromatic carbocycles. The normalized spacial score (nSPS) is 13.3. The van der Waals surface area contributed by atoms with Gasteiger partial charge in [0, 0.05) is 27.9 Å². The predicted molar refractivity (Wildman–Crippen MR) is 84.4 cm³/mol. The Bertz CT molecular complexity index is 828. The van der Waals surface area contributed by atoms with Crippen LogP contribution in [0.4, 0.5) is 0 Å². The van der Waals surface area contributed by atoms with Crippen LogP contribution in [-0.4, -0.2) is 20.5 Å². The van der Waals surface area contributed by atoms with Crippen molar-refractivity contribution in [1.29, 1.82) is 0 Å². The summed E-state index contributed by atoms with van der Waals surface area (Å²) in [4.78, 5) is 17.9. The number of hydrogen-bond acceptors (Lipinski definition) is 4. The lowest BCUT2D eigenvalue weighted by Crippen LogP contribution is -2.05. The fraction of sp³-hybridized carbons (Fsp3) is 0.333. The van der Waals surface area contributed by atoms with Gasteiger partial charge < -0.3 is 5.11 Å². The van der Waals surface area contributed by atoms with E-state index in [2.05, 4.69) is 21.2 Å². The topological polar surface area (TPSA) is 54.6 Å². The molecule has 0 atom stereocenters. The first kappa shape index (κ1) is 13.0. The number of rotatable bonds is 4. The fourth-order valence-electron chi connectivity index (χ4n) is 2.99. The summed E-state index contributed by atoms with van der Waals surface area (Å²) >= 11 is 3.46. The van der Waals surface area contributed by atoms with Crippen molar-refractivity contribution < 1.29 is 9.90 Å². The maximum Gasteiger partial charge on any atom is 0.303 e. The van der Waals surface area contributed by atoms with Gasteiger partial charge in [-0.3, -0.25) is 9.20 Å². The van der Waals surface area contributed by atoms with Crippen molar-refractivity contribution in [2.24, 2.45) is 0 Å². The highest BCUT2D eigenvalue weighted by Gasteiger charge is 2.24. The zero-order chi connectivity index (χ0) is 14.4. The number of aromatic nitrogens is 2. The first-order chi connectivity index (χ1) is 10.2. The SMILES string of the molecule is O=C(O)CCCc1csc2nc3c(n12)CCc1sccc1-3. The molecule has 0 unspecified atom stereocenters. The molecule has 21 heavy (non-hydrogen) atoms. The summed E-state index contributed by atoms with van der Waals surface area (Å²) in [5, 5.41) is 13.0. The van der Waals surface area contributed by atoms with Gasteiger partial charge in [-0.25, -0.2) is 4.98 Å². The molecule has 0 amide bonds. The van der Waals surface area contributed by atoms with Crippen LogP contribution >= 0.6 is 22.7 Å². The van der Waals surface area contributed by atoms with Crippen LogP contribution in [0.2, 0.25) is 0 Å². The van der Waals surface area contributed by atoms with Gasteiger partial charge in [0.05, 0.1) is 11.4 Å². The van der Waals surface area contributed by atoms with E-state index in [0.29, 0.717) is 6.42 Å². The summed E-state index contributed by atoms with van der Waals surface area (Å²) in [7, 11) is 0. The molecule has 0 radical (unpaired) electrons. The number of carboxylic acid groups (broad SMARTS) is 1. The maximum absolute atomic E-state index is 10.7. The van der Waals surface area contributed by atoms with Gasteiger partial charge in [0.2, 0.25) is 0 Å². The number of carboxylic acids is 1. The lowest BCUT2D eigenvalue weighted by molar-refractivity contribution is -0.137. The number of fused-ring (bicyclic) bond motifs is 5. The molecule has 0 bridgehead atoms. The summed E-state index contributed by atoms with van der Waals surface area (Å²) in [6.07, 6.45) is 3.80. The van der Waals surface area contributed by atoms with Gasteiger partial charge in [0.15, 0.2) is 4.96 Å². The van der Waals surface area contributed by atoms with E-state index in [1.54, 1.807) is 11.3 Å². The molecule has 4 rings (SSSR count). The van der Waals surface area contributed by atoms with E-state index < -0.39 is 5.97 Å². The van der Waals surface area contributed by atoms with Gasteiger partial charge in [-0.2, -0.15) is 0 Å². The van der Waals surface area contributed by atoms with Crippen molar-refractivity contribution in [3.05, 3.63) is 33.1 Å². The third kappa shape index (κ3) is 2.10. The number of imidazole rings is 1. The third-order valence-corrected chi connectivity index (χ3v) is 5.80. The van der Waals surface area contributed by atoms with Gasteiger partial charge in [-0.05, 0) is 37.1 Å². The number of nitrogens with zero attached hydrogens (tertiary/aromatic N) is 2. The quantitative estimate of drug-likeness (QED) is 0.799. The number of thiophene rings is 1. The minimum absolute atomic E-state index is 0.225. The summed E-state index contributed by atoms with van der Waals surface area (Å²) in [6, 6.07) is 2.17. The monoisotopic (exact) mass is 318 g/mol. The molecular formula is C15H14N2O2S2. The molecule has 0 aliphatic heterocycles. The van der Waals surface area contributed by atoms with Crippen LogP contribution in [0.5, 0.6) is 0 Å². The average Bonchev–Trinajstić information content (AvgIpc) is 3.11. The molecule has 1 aliphatic carbocycles. The zero-order valence-corrected chi connectivity index (χ0v) is 13.0. The third-order valence-electron chi connectivity index (χ3n) is 3.94. The molecule has 0 saturated heterocycles. The molecule has 3 heterocycles. The molecule has 3 aromatic heterocycles. The fourth-order valence-corrected chi connectivity index (χ4v) is 4.82. The Morgan fingerprint density at radius 3 is 3.14 bits per heavy atom. The number of hydrogen-bond donors (Lipinski definition) is 1. The molecule has 1 aliphatic rings. The van der Waals surface area contributed by atoms with E-state index in [1.807, 2.05) is 11.3 Å². The highest BCUT2D eigenvalue weighted by Crippen LogP contribution is 2.38. The van der Waals surface area contributed by atoms with Crippen LogP contribution in [0.15, 0.2) is 16.8 Å². The molecule has 0 fully saturated rings. The molecule has 3 aromatic rings. The largest absolute Gasteiger partial charge is 0.481 e. The van der Waals surface area contributed by atoms with Crippen molar-refractivity contribution in [2.45, 2.75) is 32.1 Å². The first-order valence-electron chi connectivity index (χ1n) is 7.00. The van der Waals surface area contributed by atoms with E-state index in [0.717, 1.165) is 29.9 Å². The first-order valence-corrected chi connectivity index (χ1v) is 8.76. The Morgan fingerprint density at radius 2 is 2.29 bits per heavy atom. The van der Waals surface area contributed by atoms with Gasteiger partial charge in [0.1, 0.15) is 0 Å². The van der Waals surface area contributed by atoms with Crippen molar-refractivity contribution in [3.63, 3.8) is 0 Å². The Morgan fingerprint density at radius 1 is 1.38 bits per heavy atom. The smallest absolute Gasteiger partial charge is 0.303 e. The molecule has 6 heteroatoms. The minimum Gasteiger partial charge on any atom is -0.481 e. The molecule has 1 N–H and O–H groups in total. The summed E-state index contributed by atoms with van der Waals surface area (Å²) in [6.45, 7) is 0. The maximum atomic E-state index is 10.7. The number of aliphatic carboxylic acids is 1.